The van der Waals surface area contributed by atoms with Crippen molar-refractivity contribution in [1.29, 1.82) is 0 Å². The molecule has 0 amide bonds. The third-order valence-corrected chi connectivity index (χ3v) is 13.2. The fourth-order valence-corrected chi connectivity index (χ4v) is 9.92. The predicted molar refractivity (Wildman–Crippen MR) is 241 cm³/mol. The molecule has 0 N–H and O–H groups in total. The van der Waals surface area contributed by atoms with Crippen LogP contribution in [0.5, 0.6) is 0 Å². The number of thiophene rings is 1. The van der Waals surface area contributed by atoms with Gasteiger partial charge in [-0.05, 0) is 90.9 Å². The minimum atomic E-state index is -1.37. The van der Waals surface area contributed by atoms with E-state index in [-0.39, 0.29) is 25.5 Å². The molecule has 5 heteroatoms. The van der Waals surface area contributed by atoms with Gasteiger partial charge in [-0.1, -0.05) is 138 Å². The molecule has 8 aromatic rings. The summed E-state index contributed by atoms with van der Waals surface area (Å²) >= 11 is 1.83. The van der Waals surface area contributed by atoms with Crippen LogP contribution in [-0.2, 0) is 26.5 Å². The van der Waals surface area contributed by atoms with Gasteiger partial charge in [0.05, 0.1) is 8.07 Å². The largest absolute Gasteiger partial charge is 0.305 e. The summed E-state index contributed by atoms with van der Waals surface area (Å²) < 4.78 is 2.54. The van der Waals surface area contributed by atoms with Crippen molar-refractivity contribution in [3.8, 4) is 44.8 Å². The van der Waals surface area contributed by atoms with E-state index in [0.29, 0.717) is 5.92 Å². The number of rotatable bonds is 7. The first kappa shape index (κ1) is 41.1. The third-order valence-electron chi connectivity index (χ3n) is 9.94. The van der Waals surface area contributed by atoms with E-state index in [0.717, 1.165) is 28.9 Å². The number of fused-ring (bicyclic) bond motifs is 3. The molecule has 5 aromatic carbocycles. The van der Waals surface area contributed by atoms with E-state index in [1.807, 2.05) is 41.8 Å². The second-order valence-corrected chi connectivity index (χ2v) is 23.1. The molecule has 0 fully saturated rings. The van der Waals surface area contributed by atoms with Crippen molar-refractivity contribution < 1.29 is 20.1 Å². The molecule has 1 radical (unpaired) electrons. The Balaban J connectivity index is 0.000000209. The van der Waals surface area contributed by atoms with Crippen LogP contribution in [0.25, 0.3) is 64.9 Å². The Labute approximate surface area is 352 Å². The van der Waals surface area contributed by atoms with Gasteiger partial charge in [0.25, 0.3) is 0 Å². The van der Waals surface area contributed by atoms with Crippen molar-refractivity contribution in [2.24, 2.45) is 5.41 Å². The Morgan fingerprint density at radius 1 is 0.661 bits per heavy atom. The maximum Gasteiger partial charge on any atom is 0.0798 e. The van der Waals surface area contributed by atoms with E-state index in [2.05, 4.69) is 176 Å². The SMILES string of the molecule is CC(C)(C)Cc1cc(-c2[c-]cccc2)ncc1[Si](C)(C)C.CC(C)c1ccnc(-c2[c-]ccc3c2sc2ccc(-c4cccc(-c5ccccc5)c4)cc23)c1.[Ir]. The van der Waals surface area contributed by atoms with Gasteiger partial charge in [0.2, 0.25) is 0 Å². The van der Waals surface area contributed by atoms with Crippen molar-refractivity contribution in [1.82, 2.24) is 9.97 Å². The Morgan fingerprint density at radius 2 is 1.38 bits per heavy atom. The quantitative estimate of drug-likeness (QED) is 0.118. The second-order valence-electron chi connectivity index (χ2n) is 17.0. The maximum absolute atomic E-state index is 4.71. The number of pyridine rings is 2. The zero-order chi connectivity index (χ0) is 38.7. The van der Waals surface area contributed by atoms with Gasteiger partial charge in [0.1, 0.15) is 0 Å². The van der Waals surface area contributed by atoms with Gasteiger partial charge in [0.15, 0.2) is 0 Å². The molecule has 0 bridgehead atoms. The third kappa shape index (κ3) is 9.53. The van der Waals surface area contributed by atoms with E-state index in [4.69, 9.17) is 9.97 Å². The fraction of sp³-hybridized carbons (Fsp3) is 0.216. The van der Waals surface area contributed by atoms with Gasteiger partial charge < -0.3 is 9.97 Å². The summed E-state index contributed by atoms with van der Waals surface area (Å²) in [4.78, 5) is 9.40. The van der Waals surface area contributed by atoms with Crippen molar-refractivity contribution in [3.05, 3.63) is 163 Å². The number of nitrogens with zero attached hydrogens (tertiary/aromatic N) is 2. The van der Waals surface area contributed by atoms with Crippen LogP contribution >= 0.6 is 11.3 Å². The predicted octanol–water partition coefficient (Wildman–Crippen LogP) is 14.1. The molecular weight excluding hydrogens is 893 g/mol. The summed E-state index contributed by atoms with van der Waals surface area (Å²) in [6.45, 7) is 18.5. The normalized spacial score (nSPS) is 11.7. The fourth-order valence-electron chi connectivity index (χ4n) is 7.15. The molecular formula is C51H50IrN2SSi-2. The number of benzene rings is 5. The number of aromatic nitrogens is 2. The minimum absolute atomic E-state index is 0. The summed E-state index contributed by atoms with van der Waals surface area (Å²) in [7, 11) is -1.37. The standard InChI is InChI=1S/C32H24NS.C19H26NSi.Ir/c1-21(2)23-16-17-33-30(20-23)28-13-7-12-27-29-19-26(14-15-31(29)34-32(27)28)25-11-6-10-24(18-25)22-8-4-3-5-9-22;1-19(2,3)13-16-12-17(15-10-8-7-9-11-15)20-14-18(16)21(4,5)6;/h3-12,14-21H,1-2H3;7-10,12,14H,13H2,1-6H3;/q2*-1;. The van der Waals surface area contributed by atoms with E-state index in [9.17, 15) is 0 Å². The van der Waals surface area contributed by atoms with Crippen molar-refractivity contribution in [2.45, 2.75) is 66.6 Å². The molecule has 285 valence electrons. The molecule has 0 spiro atoms. The summed E-state index contributed by atoms with van der Waals surface area (Å²) in [6.07, 6.45) is 5.13. The van der Waals surface area contributed by atoms with Crippen LogP contribution in [0.4, 0.5) is 0 Å². The molecule has 0 saturated carbocycles. The molecule has 56 heavy (non-hydrogen) atoms. The molecule has 0 aliphatic rings. The molecule has 8 rings (SSSR count). The van der Waals surface area contributed by atoms with E-state index in [1.54, 1.807) is 0 Å². The van der Waals surface area contributed by atoms with Crippen molar-refractivity contribution >= 4 is 44.8 Å². The monoisotopic (exact) mass is 943 g/mol. The van der Waals surface area contributed by atoms with Gasteiger partial charge in [-0.3, -0.25) is 0 Å². The summed E-state index contributed by atoms with van der Waals surface area (Å²) in [5.41, 5.74) is 12.2. The molecule has 2 nitrogen and oxygen atoms in total. The van der Waals surface area contributed by atoms with Crippen molar-refractivity contribution in [3.63, 3.8) is 0 Å². The number of hydrogen-bond donors (Lipinski definition) is 0. The van der Waals surface area contributed by atoms with Crippen LogP contribution in [-0.4, -0.2) is 18.0 Å². The van der Waals surface area contributed by atoms with Crippen LogP contribution in [0.3, 0.4) is 0 Å². The van der Waals surface area contributed by atoms with Crippen LogP contribution in [0.15, 0.2) is 140 Å². The Morgan fingerprint density at radius 3 is 2.07 bits per heavy atom. The second kappa shape index (κ2) is 17.3. The van der Waals surface area contributed by atoms with Gasteiger partial charge in [-0.15, -0.1) is 59.7 Å². The molecule has 0 aliphatic carbocycles. The molecule has 0 saturated heterocycles. The van der Waals surface area contributed by atoms with Crippen LogP contribution in [0, 0.1) is 17.5 Å². The first-order valence-corrected chi connectivity index (χ1v) is 23.6. The Bertz CT molecular complexity index is 2560. The van der Waals surface area contributed by atoms with Crippen LogP contribution in [0.1, 0.15) is 51.7 Å². The molecule has 0 aliphatic heterocycles. The Kier molecular flexibility index (Phi) is 12.7. The van der Waals surface area contributed by atoms with Gasteiger partial charge >= 0.3 is 0 Å². The summed E-state index contributed by atoms with van der Waals surface area (Å²) in [5.74, 6) is 0.470. The smallest absolute Gasteiger partial charge is 0.0798 e. The zero-order valence-electron chi connectivity index (χ0n) is 33.7. The molecule has 0 unspecified atom stereocenters. The average Bonchev–Trinajstić information content (AvgIpc) is 3.56. The Hall–Kier alpha value is -4.51. The average molecular weight is 943 g/mol. The van der Waals surface area contributed by atoms with E-state index in [1.165, 1.54) is 58.7 Å². The van der Waals surface area contributed by atoms with Gasteiger partial charge in [-0.25, -0.2) is 0 Å². The minimum Gasteiger partial charge on any atom is -0.305 e. The molecule has 3 heterocycles. The first-order chi connectivity index (χ1) is 26.3. The first-order valence-electron chi connectivity index (χ1n) is 19.3. The summed E-state index contributed by atoms with van der Waals surface area (Å²) in [6, 6.07) is 51.8. The summed E-state index contributed by atoms with van der Waals surface area (Å²) in [5, 5.41) is 4.04. The van der Waals surface area contributed by atoms with Crippen molar-refractivity contribution in [2.75, 3.05) is 0 Å². The zero-order valence-corrected chi connectivity index (χ0v) is 37.9. The van der Waals surface area contributed by atoms with Crippen LogP contribution < -0.4 is 5.19 Å². The number of hydrogen-bond acceptors (Lipinski definition) is 3. The molecule has 3 aromatic heterocycles. The molecule has 0 atom stereocenters. The van der Waals surface area contributed by atoms with Crippen LogP contribution in [0.2, 0.25) is 19.6 Å². The topological polar surface area (TPSA) is 25.8 Å². The van der Waals surface area contributed by atoms with E-state index < -0.39 is 8.07 Å². The van der Waals surface area contributed by atoms with Gasteiger partial charge in [0, 0.05) is 37.2 Å². The van der Waals surface area contributed by atoms with Gasteiger partial charge in [-0.2, -0.15) is 11.3 Å². The maximum atomic E-state index is 4.71. The van der Waals surface area contributed by atoms with E-state index >= 15 is 0 Å².